The van der Waals surface area contributed by atoms with Crippen molar-refractivity contribution in [1.29, 1.82) is 0 Å². The fourth-order valence-corrected chi connectivity index (χ4v) is 6.34. The van der Waals surface area contributed by atoms with Gasteiger partial charge in [-0.1, -0.05) is 36.4 Å². The molecule has 3 aromatic carbocycles. The molecule has 5 rings (SSSR count). The number of carbonyl (C=O) groups excluding carboxylic acids is 1. The highest BCUT2D eigenvalue weighted by Crippen LogP contribution is 2.52. The highest BCUT2D eigenvalue weighted by atomic mass is 16.6. The number of benzene rings is 3. The lowest BCUT2D eigenvalue weighted by Gasteiger charge is -2.50. The summed E-state index contributed by atoms with van der Waals surface area (Å²) in [6, 6.07) is 23.3. The van der Waals surface area contributed by atoms with Gasteiger partial charge in [-0.15, -0.1) is 0 Å². The molecule has 2 aliphatic heterocycles. The van der Waals surface area contributed by atoms with Crippen LogP contribution in [0.2, 0.25) is 0 Å². The molecule has 0 spiro atoms. The number of carbonyl (C=O) groups is 1. The minimum Gasteiger partial charge on any atom is -0.497 e. The average molecular weight is 548 g/mol. The first-order valence-corrected chi connectivity index (χ1v) is 13.5. The fourth-order valence-electron chi connectivity index (χ4n) is 6.34. The minimum absolute atomic E-state index is 0.210. The van der Waals surface area contributed by atoms with Gasteiger partial charge in [0.2, 0.25) is 0 Å². The van der Waals surface area contributed by atoms with Crippen LogP contribution in [-0.2, 0) is 19.9 Å². The zero-order valence-corrected chi connectivity index (χ0v) is 23.6. The van der Waals surface area contributed by atoms with Gasteiger partial charge >= 0.3 is 5.97 Å². The van der Waals surface area contributed by atoms with E-state index in [2.05, 4.69) is 4.90 Å². The van der Waals surface area contributed by atoms with Gasteiger partial charge in [-0.25, -0.2) is 0 Å². The summed E-state index contributed by atoms with van der Waals surface area (Å²) in [5.74, 6) is 1.83. The van der Waals surface area contributed by atoms with Crippen LogP contribution in [0.3, 0.4) is 0 Å². The van der Waals surface area contributed by atoms with Gasteiger partial charge < -0.3 is 28.8 Å². The predicted molar refractivity (Wildman–Crippen MR) is 150 cm³/mol. The Morgan fingerprint density at radius 3 is 1.60 bits per heavy atom. The molecule has 0 saturated carbocycles. The number of aliphatic hydroxyl groups excluding tert-OH is 1. The average Bonchev–Trinajstić information content (AvgIpc) is 3.09. The van der Waals surface area contributed by atoms with Crippen molar-refractivity contribution in [2.24, 2.45) is 0 Å². The van der Waals surface area contributed by atoms with Gasteiger partial charge in [0.1, 0.15) is 34.7 Å². The molecule has 1 N–H and O–H groups in total. The highest BCUT2D eigenvalue weighted by molar-refractivity contribution is 5.66. The van der Waals surface area contributed by atoms with Crippen LogP contribution in [0.1, 0.15) is 42.9 Å². The van der Waals surface area contributed by atoms with E-state index in [1.807, 2.05) is 79.8 Å². The summed E-state index contributed by atoms with van der Waals surface area (Å²) < 4.78 is 29.6. The molecule has 2 heterocycles. The molecule has 8 heteroatoms. The summed E-state index contributed by atoms with van der Waals surface area (Å²) in [6.45, 7) is 1.42. The molecule has 0 amide bonds. The molecule has 2 saturated heterocycles. The van der Waals surface area contributed by atoms with E-state index in [9.17, 15) is 9.90 Å². The van der Waals surface area contributed by atoms with Crippen molar-refractivity contribution in [3.63, 3.8) is 0 Å². The first-order valence-electron chi connectivity index (χ1n) is 13.5. The van der Waals surface area contributed by atoms with Crippen LogP contribution in [0.25, 0.3) is 0 Å². The summed E-state index contributed by atoms with van der Waals surface area (Å²) in [5.41, 5.74) is 0.575. The quantitative estimate of drug-likeness (QED) is 0.310. The predicted octanol–water partition coefficient (Wildman–Crippen LogP) is 4.51. The zero-order chi connectivity index (χ0) is 28.5. The summed E-state index contributed by atoms with van der Waals surface area (Å²) in [4.78, 5) is 14.1. The second-order valence-corrected chi connectivity index (χ2v) is 10.5. The van der Waals surface area contributed by atoms with Crippen molar-refractivity contribution >= 4 is 5.97 Å². The Hall–Kier alpha value is -3.59. The lowest BCUT2D eigenvalue weighted by Crippen LogP contribution is -2.58. The smallest absolute Gasteiger partial charge is 0.302 e. The summed E-state index contributed by atoms with van der Waals surface area (Å²) in [7, 11) is 6.89. The van der Waals surface area contributed by atoms with Crippen LogP contribution in [0, 0.1) is 0 Å². The van der Waals surface area contributed by atoms with Crippen LogP contribution >= 0.6 is 0 Å². The maximum Gasteiger partial charge on any atom is 0.302 e. The van der Waals surface area contributed by atoms with E-state index >= 15 is 0 Å². The van der Waals surface area contributed by atoms with Crippen LogP contribution in [0.4, 0.5) is 0 Å². The lowest BCUT2D eigenvalue weighted by atomic mass is 9.79. The molecule has 8 nitrogen and oxygen atoms in total. The molecule has 212 valence electrons. The van der Waals surface area contributed by atoms with Gasteiger partial charge in [-0.3, -0.25) is 9.69 Å². The molecule has 2 aliphatic rings. The standard InChI is InChI=1S/C32H37NO7/c1-21(34)39-28-18-29-30(35)20-31(19-28,33(29)2)40-32(22-6-12-25(36-3)13-7-22,23-8-14-26(37-4)15-9-23)24-10-16-27(38-5)17-11-24/h6-17,28-30,35H,18-20H2,1-5H3. The molecule has 4 unspecified atom stereocenters. The monoisotopic (exact) mass is 547 g/mol. The Bertz CT molecular complexity index is 1190. The molecular formula is C32H37NO7. The number of esters is 1. The maximum absolute atomic E-state index is 12.0. The molecule has 2 fully saturated rings. The van der Waals surface area contributed by atoms with Crippen molar-refractivity contribution in [3.05, 3.63) is 89.5 Å². The van der Waals surface area contributed by atoms with E-state index in [0.717, 1.165) is 33.9 Å². The van der Waals surface area contributed by atoms with Crippen LogP contribution < -0.4 is 14.2 Å². The Labute approximate surface area is 235 Å². The highest BCUT2D eigenvalue weighted by Gasteiger charge is 2.59. The van der Waals surface area contributed by atoms with Crippen molar-refractivity contribution in [1.82, 2.24) is 4.90 Å². The van der Waals surface area contributed by atoms with Crippen LogP contribution in [0.5, 0.6) is 17.2 Å². The largest absolute Gasteiger partial charge is 0.497 e. The molecular weight excluding hydrogens is 510 g/mol. The minimum atomic E-state index is -1.12. The number of rotatable bonds is 9. The van der Waals surface area contributed by atoms with Gasteiger partial charge in [0.05, 0.1) is 27.4 Å². The third-order valence-electron chi connectivity index (χ3n) is 8.33. The van der Waals surface area contributed by atoms with Gasteiger partial charge in [0.25, 0.3) is 0 Å². The summed E-state index contributed by atoms with van der Waals surface area (Å²) in [5, 5.41) is 11.2. The number of likely N-dealkylation sites (N-methyl/N-ethyl adjacent to an activating group) is 1. The fraction of sp³-hybridized carbons (Fsp3) is 0.406. The number of piperidine rings is 1. The summed E-state index contributed by atoms with van der Waals surface area (Å²) >= 11 is 0. The number of methoxy groups -OCH3 is 3. The lowest BCUT2D eigenvalue weighted by molar-refractivity contribution is -0.224. The number of fused-ring (bicyclic) bond motifs is 2. The molecule has 0 aliphatic carbocycles. The SMILES string of the molecule is COc1ccc(C(OC23CC(OC(C)=O)CC(C(O)C2)N3C)(c2ccc(OC)cc2)c2ccc(OC)cc2)cc1. The summed E-state index contributed by atoms with van der Waals surface area (Å²) in [6.07, 6.45) is 0.321. The number of hydrogen-bond acceptors (Lipinski definition) is 8. The third kappa shape index (κ3) is 4.91. The Balaban J connectivity index is 1.74. The van der Waals surface area contributed by atoms with E-state index < -0.39 is 17.4 Å². The zero-order valence-electron chi connectivity index (χ0n) is 23.6. The van der Waals surface area contributed by atoms with Crippen molar-refractivity contribution in [2.45, 2.75) is 55.8 Å². The van der Waals surface area contributed by atoms with Gasteiger partial charge in [-0.2, -0.15) is 0 Å². The van der Waals surface area contributed by atoms with Crippen molar-refractivity contribution in [3.8, 4) is 17.2 Å². The van der Waals surface area contributed by atoms with E-state index in [1.165, 1.54) is 6.92 Å². The number of hydrogen-bond donors (Lipinski definition) is 1. The number of aliphatic hydroxyl groups is 1. The maximum atomic E-state index is 12.0. The molecule has 2 bridgehead atoms. The Morgan fingerprint density at radius 1 is 0.800 bits per heavy atom. The Morgan fingerprint density at radius 2 is 1.23 bits per heavy atom. The second kappa shape index (κ2) is 11.1. The molecule has 3 aromatic rings. The van der Waals surface area contributed by atoms with Gasteiger partial charge in [0.15, 0.2) is 0 Å². The van der Waals surface area contributed by atoms with E-state index in [0.29, 0.717) is 19.3 Å². The van der Waals surface area contributed by atoms with Crippen LogP contribution in [-0.4, -0.2) is 68.3 Å². The molecule has 0 radical (unpaired) electrons. The number of nitrogens with zero attached hydrogens (tertiary/aromatic N) is 1. The van der Waals surface area contributed by atoms with Crippen molar-refractivity contribution in [2.75, 3.05) is 28.4 Å². The van der Waals surface area contributed by atoms with Gasteiger partial charge in [-0.05, 0) is 60.1 Å². The second-order valence-electron chi connectivity index (χ2n) is 10.5. The van der Waals surface area contributed by atoms with E-state index in [-0.39, 0.29) is 18.1 Å². The van der Waals surface area contributed by atoms with Crippen molar-refractivity contribution < 1.29 is 33.6 Å². The first kappa shape index (κ1) is 28.0. The first-order chi connectivity index (χ1) is 19.2. The number of ether oxygens (including phenoxy) is 5. The third-order valence-corrected chi connectivity index (χ3v) is 8.33. The van der Waals surface area contributed by atoms with E-state index in [1.54, 1.807) is 21.3 Å². The Kier molecular flexibility index (Phi) is 7.77. The van der Waals surface area contributed by atoms with E-state index in [4.69, 9.17) is 23.7 Å². The van der Waals surface area contributed by atoms with Crippen LogP contribution in [0.15, 0.2) is 72.8 Å². The molecule has 40 heavy (non-hydrogen) atoms. The molecule has 4 atom stereocenters. The normalized spacial score (nSPS) is 24.4. The topological polar surface area (TPSA) is 86.7 Å². The molecule has 0 aromatic heterocycles. The van der Waals surface area contributed by atoms with Gasteiger partial charge in [0, 0.05) is 32.2 Å².